The van der Waals surface area contributed by atoms with Gasteiger partial charge >= 0.3 is 0 Å². The second-order valence-electron chi connectivity index (χ2n) is 3.88. The molecule has 2 nitrogen and oxygen atoms in total. The maximum Gasteiger partial charge on any atom is 0.130 e. The second kappa shape index (κ2) is 4.98. The van der Waals surface area contributed by atoms with Crippen LogP contribution in [0.1, 0.15) is 11.1 Å². The van der Waals surface area contributed by atoms with E-state index in [0.717, 1.165) is 9.92 Å². The quantitative estimate of drug-likeness (QED) is 0.831. The molecule has 0 atom stereocenters. The topological polar surface area (TPSA) is 38.9 Å². The van der Waals surface area contributed by atoms with Crippen LogP contribution < -0.4 is 5.73 Å². The first-order chi connectivity index (χ1) is 8.06. The number of nitrogens with two attached hydrogens (primary N) is 1. The fourth-order valence-corrected chi connectivity index (χ4v) is 2.52. The van der Waals surface area contributed by atoms with E-state index in [1.165, 1.54) is 22.9 Å². The molecule has 1 aromatic carbocycles. The average Bonchev–Trinajstić information content (AvgIpc) is 2.29. The van der Waals surface area contributed by atoms with E-state index in [-0.39, 0.29) is 0 Å². The molecule has 0 bridgehead atoms. The minimum atomic E-state index is 0.463. The molecular formula is C13H13ClN2S. The van der Waals surface area contributed by atoms with E-state index in [0.29, 0.717) is 10.8 Å². The van der Waals surface area contributed by atoms with Gasteiger partial charge < -0.3 is 5.73 Å². The molecule has 1 heterocycles. The van der Waals surface area contributed by atoms with E-state index in [9.17, 15) is 0 Å². The number of nitrogens with zero attached hydrogens (tertiary/aromatic N) is 1. The molecule has 4 heteroatoms. The van der Waals surface area contributed by atoms with Crippen molar-refractivity contribution in [1.82, 2.24) is 4.98 Å². The van der Waals surface area contributed by atoms with Crippen LogP contribution in [0.25, 0.3) is 0 Å². The van der Waals surface area contributed by atoms with Crippen molar-refractivity contribution in [1.29, 1.82) is 0 Å². The first-order valence-electron chi connectivity index (χ1n) is 5.23. The highest BCUT2D eigenvalue weighted by atomic mass is 35.5. The van der Waals surface area contributed by atoms with Gasteiger partial charge in [-0.05, 0) is 49.2 Å². The Morgan fingerprint density at radius 3 is 2.59 bits per heavy atom. The zero-order chi connectivity index (χ0) is 12.4. The molecule has 2 aromatic rings. The summed E-state index contributed by atoms with van der Waals surface area (Å²) in [6.07, 6.45) is 0. The van der Waals surface area contributed by atoms with Gasteiger partial charge in [0, 0.05) is 4.90 Å². The first kappa shape index (κ1) is 12.3. The van der Waals surface area contributed by atoms with Gasteiger partial charge in [-0.3, -0.25) is 0 Å². The van der Waals surface area contributed by atoms with E-state index in [4.69, 9.17) is 17.3 Å². The summed E-state index contributed by atoms with van der Waals surface area (Å²) in [7, 11) is 0. The van der Waals surface area contributed by atoms with E-state index in [2.05, 4.69) is 37.0 Å². The highest BCUT2D eigenvalue weighted by Gasteiger charge is 2.05. The zero-order valence-corrected chi connectivity index (χ0v) is 11.3. The van der Waals surface area contributed by atoms with Crippen LogP contribution in [0.5, 0.6) is 0 Å². The summed E-state index contributed by atoms with van der Waals surface area (Å²) in [5.41, 5.74) is 9.05. The van der Waals surface area contributed by atoms with Crippen molar-refractivity contribution < 1.29 is 0 Å². The van der Waals surface area contributed by atoms with Gasteiger partial charge in [0.15, 0.2) is 0 Å². The lowest BCUT2D eigenvalue weighted by molar-refractivity contribution is 1.14. The molecule has 17 heavy (non-hydrogen) atoms. The standard InChI is InChI=1S/C13H13ClN2S/c1-8-3-4-10(7-9(8)2)17-13-11(15)5-6-12(14)16-13/h3-7H,15H2,1-2H3. The van der Waals surface area contributed by atoms with Crippen LogP contribution in [0, 0.1) is 13.8 Å². The third-order valence-electron chi connectivity index (χ3n) is 2.55. The maximum absolute atomic E-state index is 5.86. The normalized spacial score (nSPS) is 10.5. The Morgan fingerprint density at radius 2 is 1.88 bits per heavy atom. The largest absolute Gasteiger partial charge is 0.397 e. The summed E-state index contributed by atoms with van der Waals surface area (Å²) in [6.45, 7) is 4.18. The lowest BCUT2D eigenvalue weighted by Crippen LogP contribution is -1.92. The van der Waals surface area contributed by atoms with Crippen molar-refractivity contribution >= 4 is 29.1 Å². The SMILES string of the molecule is Cc1ccc(Sc2nc(Cl)ccc2N)cc1C. The minimum absolute atomic E-state index is 0.463. The number of aromatic nitrogens is 1. The summed E-state index contributed by atoms with van der Waals surface area (Å²) in [6, 6.07) is 9.76. The Bertz CT molecular complexity index is 555. The van der Waals surface area contributed by atoms with Gasteiger partial charge in [0.05, 0.1) is 5.69 Å². The van der Waals surface area contributed by atoms with Crippen molar-refractivity contribution in [2.75, 3.05) is 5.73 Å². The number of hydrogen-bond acceptors (Lipinski definition) is 3. The molecule has 0 aliphatic rings. The zero-order valence-electron chi connectivity index (χ0n) is 9.70. The van der Waals surface area contributed by atoms with Gasteiger partial charge in [0.2, 0.25) is 0 Å². The Kier molecular flexibility index (Phi) is 3.60. The predicted octanol–water partition coefficient (Wildman–Crippen LogP) is 4.09. The highest BCUT2D eigenvalue weighted by molar-refractivity contribution is 7.99. The van der Waals surface area contributed by atoms with Crippen LogP contribution in [0.15, 0.2) is 40.3 Å². The van der Waals surface area contributed by atoms with Crippen molar-refractivity contribution in [3.63, 3.8) is 0 Å². The first-order valence-corrected chi connectivity index (χ1v) is 6.43. The van der Waals surface area contributed by atoms with Crippen LogP contribution in [-0.2, 0) is 0 Å². The lowest BCUT2D eigenvalue weighted by Gasteiger charge is -2.06. The van der Waals surface area contributed by atoms with E-state index >= 15 is 0 Å². The molecule has 0 unspecified atom stereocenters. The molecule has 0 aliphatic carbocycles. The molecule has 0 aliphatic heterocycles. The maximum atomic E-state index is 5.86. The molecule has 0 fully saturated rings. The summed E-state index contributed by atoms with van der Waals surface area (Å²) in [4.78, 5) is 5.34. The third kappa shape index (κ3) is 2.93. The number of halogens is 1. The van der Waals surface area contributed by atoms with Gasteiger partial charge in [-0.15, -0.1) is 0 Å². The summed E-state index contributed by atoms with van der Waals surface area (Å²) < 4.78 is 0. The fourth-order valence-electron chi connectivity index (χ4n) is 1.40. The van der Waals surface area contributed by atoms with Crippen LogP contribution in [0.2, 0.25) is 5.15 Å². The highest BCUT2D eigenvalue weighted by Crippen LogP contribution is 2.32. The minimum Gasteiger partial charge on any atom is -0.397 e. The summed E-state index contributed by atoms with van der Waals surface area (Å²) >= 11 is 7.39. The van der Waals surface area contributed by atoms with Crippen LogP contribution >= 0.6 is 23.4 Å². The number of nitrogen functional groups attached to an aromatic ring is 1. The summed E-state index contributed by atoms with van der Waals surface area (Å²) in [5.74, 6) is 0. The van der Waals surface area contributed by atoms with Crippen molar-refractivity contribution in [3.05, 3.63) is 46.6 Å². The van der Waals surface area contributed by atoms with Crippen molar-refractivity contribution in [2.45, 2.75) is 23.8 Å². The number of rotatable bonds is 2. The van der Waals surface area contributed by atoms with Crippen LogP contribution in [0.4, 0.5) is 5.69 Å². The molecule has 0 saturated heterocycles. The Hall–Kier alpha value is -1.19. The van der Waals surface area contributed by atoms with Gasteiger partial charge in [-0.1, -0.05) is 29.4 Å². The second-order valence-corrected chi connectivity index (χ2v) is 5.33. The Labute approximate surface area is 110 Å². The average molecular weight is 265 g/mol. The lowest BCUT2D eigenvalue weighted by atomic mass is 10.1. The fraction of sp³-hybridized carbons (Fsp3) is 0.154. The molecule has 88 valence electrons. The summed E-state index contributed by atoms with van der Waals surface area (Å²) in [5, 5.41) is 1.21. The Balaban J connectivity index is 2.31. The van der Waals surface area contributed by atoms with E-state index in [1.54, 1.807) is 12.1 Å². The van der Waals surface area contributed by atoms with Crippen molar-refractivity contribution in [2.24, 2.45) is 0 Å². The van der Waals surface area contributed by atoms with E-state index < -0.39 is 0 Å². The number of benzene rings is 1. The Morgan fingerprint density at radius 1 is 1.12 bits per heavy atom. The third-order valence-corrected chi connectivity index (χ3v) is 3.77. The number of pyridine rings is 1. The number of aryl methyl sites for hydroxylation is 2. The van der Waals surface area contributed by atoms with Gasteiger partial charge in [0.1, 0.15) is 10.2 Å². The van der Waals surface area contributed by atoms with Gasteiger partial charge in [-0.2, -0.15) is 0 Å². The molecule has 0 amide bonds. The molecule has 2 rings (SSSR count). The van der Waals surface area contributed by atoms with Crippen LogP contribution in [0.3, 0.4) is 0 Å². The van der Waals surface area contributed by atoms with Crippen LogP contribution in [-0.4, -0.2) is 4.98 Å². The van der Waals surface area contributed by atoms with Crippen molar-refractivity contribution in [3.8, 4) is 0 Å². The van der Waals surface area contributed by atoms with Gasteiger partial charge in [0.25, 0.3) is 0 Å². The smallest absolute Gasteiger partial charge is 0.130 e. The number of hydrogen-bond donors (Lipinski definition) is 1. The molecule has 2 N–H and O–H groups in total. The molecule has 0 radical (unpaired) electrons. The monoisotopic (exact) mass is 264 g/mol. The van der Waals surface area contributed by atoms with E-state index in [1.807, 2.05) is 0 Å². The molecule has 1 aromatic heterocycles. The molecular weight excluding hydrogens is 252 g/mol. The predicted molar refractivity (Wildman–Crippen MR) is 73.7 cm³/mol. The molecule has 0 spiro atoms. The molecule has 0 saturated carbocycles. The van der Waals surface area contributed by atoms with Gasteiger partial charge in [-0.25, -0.2) is 4.98 Å². The number of anilines is 1.